The average molecular weight is 553 g/mol. The highest BCUT2D eigenvalue weighted by Gasteiger charge is 2.28. The third kappa shape index (κ3) is 6.59. The lowest BCUT2D eigenvalue weighted by Crippen LogP contribution is -2.53. The van der Waals surface area contributed by atoms with E-state index >= 15 is 0 Å². The van der Waals surface area contributed by atoms with Crippen molar-refractivity contribution in [2.45, 2.75) is 51.1 Å². The summed E-state index contributed by atoms with van der Waals surface area (Å²) >= 11 is 0. The average Bonchev–Trinajstić information content (AvgIpc) is 2.98. The molecule has 2 aromatic rings. The second kappa shape index (κ2) is 13.0. The highest BCUT2D eigenvalue weighted by molar-refractivity contribution is 5.96. The van der Waals surface area contributed by atoms with Crippen LogP contribution in [0.2, 0.25) is 0 Å². The van der Waals surface area contributed by atoms with Crippen molar-refractivity contribution in [2.24, 2.45) is 5.73 Å². The van der Waals surface area contributed by atoms with Crippen molar-refractivity contribution < 1.29 is 14.3 Å². The number of carbonyl (C=O) groups is 1. The molecule has 4 N–H and O–H groups in total. The molecule has 1 aromatic carbocycles. The largest absolute Gasteiger partial charge is 0.495 e. The topological polar surface area (TPSA) is 121 Å². The Balaban J connectivity index is 1.31. The van der Waals surface area contributed by atoms with Crippen molar-refractivity contribution in [3.63, 3.8) is 0 Å². The summed E-state index contributed by atoms with van der Waals surface area (Å²) in [4.78, 5) is 29.2. The maximum Gasteiger partial charge on any atom is 0.271 e. The second-order valence-electron chi connectivity index (χ2n) is 11.0. The minimum atomic E-state index is -0.617. The third-order valence-corrected chi connectivity index (χ3v) is 8.40. The Morgan fingerprint density at radius 1 is 1.05 bits per heavy atom. The number of amides is 1. The first kappa shape index (κ1) is 28.4. The monoisotopic (exact) mass is 552 g/mol. The van der Waals surface area contributed by atoms with Crippen LogP contribution in [0.5, 0.6) is 5.75 Å². The van der Waals surface area contributed by atoms with Crippen molar-refractivity contribution in [3.05, 3.63) is 29.6 Å². The van der Waals surface area contributed by atoms with Crippen LogP contribution in [0.3, 0.4) is 0 Å². The van der Waals surface area contributed by atoms with E-state index in [2.05, 4.69) is 43.4 Å². The Hall–Kier alpha value is -3.15. The van der Waals surface area contributed by atoms with Gasteiger partial charge in [0, 0.05) is 63.2 Å². The van der Waals surface area contributed by atoms with E-state index in [4.69, 9.17) is 20.2 Å². The molecular weight excluding hydrogens is 508 g/mol. The number of piperidine rings is 1. The van der Waals surface area contributed by atoms with Crippen molar-refractivity contribution in [1.29, 1.82) is 0 Å². The zero-order chi connectivity index (χ0) is 28.1. The van der Waals surface area contributed by atoms with Gasteiger partial charge in [-0.3, -0.25) is 9.69 Å². The molecule has 0 atom stereocenters. The lowest BCUT2D eigenvalue weighted by Gasteiger charge is -2.43. The molecule has 11 nitrogen and oxygen atoms in total. The summed E-state index contributed by atoms with van der Waals surface area (Å²) in [5.41, 5.74) is 8.39. The quantitative estimate of drug-likeness (QED) is 0.428. The fraction of sp³-hybridized carbons (Fsp3) is 0.621. The smallest absolute Gasteiger partial charge is 0.271 e. The van der Waals surface area contributed by atoms with Crippen LogP contribution >= 0.6 is 0 Å². The summed E-state index contributed by atoms with van der Waals surface area (Å²) in [7, 11) is 3.90. The number of hydrogen-bond donors (Lipinski definition) is 3. The van der Waals surface area contributed by atoms with E-state index < -0.39 is 5.91 Å². The number of aryl methyl sites for hydroxylation is 1. The number of nitrogens with zero attached hydrogens (tertiary/aromatic N) is 5. The summed E-state index contributed by atoms with van der Waals surface area (Å²) < 4.78 is 11.3. The first-order valence-corrected chi connectivity index (χ1v) is 14.6. The molecule has 0 spiro atoms. The number of methoxy groups -OCH3 is 1. The Labute approximate surface area is 237 Å². The third-order valence-electron chi connectivity index (χ3n) is 8.40. The first-order valence-electron chi connectivity index (χ1n) is 14.6. The zero-order valence-corrected chi connectivity index (χ0v) is 24.1. The number of nitrogens with two attached hydrogens (primary N) is 1. The van der Waals surface area contributed by atoms with Gasteiger partial charge in [0.2, 0.25) is 0 Å². The van der Waals surface area contributed by atoms with Crippen LogP contribution < -0.4 is 26.0 Å². The van der Waals surface area contributed by atoms with E-state index in [1.165, 1.54) is 25.9 Å². The second-order valence-corrected chi connectivity index (χ2v) is 11.0. The number of anilines is 4. The van der Waals surface area contributed by atoms with E-state index in [0.29, 0.717) is 24.1 Å². The number of likely N-dealkylation sites (tertiary alicyclic amines) is 1. The van der Waals surface area contributed by atoms with Crippen molar-refractivity contribution in [1.82, 2.24) is 19.8 Å². The van der Waals surface area contributed by atoms with Crippen LogP contribution in [-0.4, -0.2) is 104 Å². The molecule has 3 fully saturated rings. The summed E-state index contributed by atoms with van der Waals surface area (Å²) in [6.45, 7) is 9.84. The Kier molecular flexibility index (Phi) is 9.23. The van der Waals surface area contributed by atoms with Gasteiger partial charge in [-0.25, -0.2) is 9.97 Å². The van der Waals surface area contributed by atoms with Crippen LogP contribution in [-0.2, 0) is 11.2 Å². The first-order chi connectivity index (χ1) is 19.4. The van der Waals surface area contributed by atoms with Crippen LogP contribution in [0, 0.1) is 0 Å². The van der Waals surface area contributed by atoms with Crippen LogP contribution in [0.1, 0.15) is 48.8 Å². The number of benzene rings is 1. The van der Waals surface area contributed by atoms with Gasteiger partial charge in [-0.15, -0.1) is 0 Å². The molecule has 40 heavy (non-hydrogen) atoms. The maximum atomic E-state index is 12.3. The summed E-state index contributed by atoms with van der Waals surface area (Å²) in [5, 5.41) is 6.80. The molecule has 218 valence electrons. The lowest BCUT2D eigenvalue weighted by atomic mass is 10.0. The molecule has 1 aromatic heterocycles. The van der Waals surface area contributed by atoms with Gasteiger partial charge in [0.05, 0.1) is 18.5 Å². The number of aromatic nitrogens is 2. The molecule has 0 unspecified atom stereocenters. The van der Waals surface area contributed by atoms with E-state index in [1.807, 2.05) is 19.1 Å². The SMILES string of the molecule is CCc1nc(C(N)=O)c(Nc2ccc(N3CCN(C4CCN(C)CC4)CC3)c(OC)c2)nc1NC1CCOCC1. The van der Waals surface area contributed by atoms with E-state index in [9.17, 15) is 4.79 Å². The van der Waals surface area contributed by atoms with Gasteiger partial charge in [-0.2, -0.15) is 0 Å². The molecular formula is C29H44N8O3. The van der Waals surface area contributed by atoms with Crippen LogP contribution in [0.25, 0.3) is 0 Å². The molecule has 1 amide bonds. The van der Waals surface area contributed by atoms with E-state index in [1.54, 1.807) is 7.11 Å². The highest BCUT2D eigenvalue weighted by atomic mass is 16.5. The van der Waals surface area contributed by atoms with Crippen molar-refractivity contribution in [2.75, 3.05) is 82.2 Å². The molecule has 3 aliphatic heterocycles. The predicted octanol–water partition coefficient (Wildman–Crippen LogP) is 2.70. The molecule has 0 bridgehead atoms. The molecule has 0 radical (unpaired) electrons. The van der Waals surface area contributed by atoms with Gasteiger partial charge >= 0.3 is 0 Å². The summed E-state index contributed by atoms with van der Waals surface area (Å²) in [5.74, 6) is 1.17. The van der Waals surface area contributed by atoms with Gasteiger partial charge in [-0.1, -0.05) is 6.92 Å². The Bertz CT molecular complexity index is 1160. The number of carbonyl (C=O) groups excluding carboxylic acids is 1. The standard InChI is InChI=1S/C29H44N8O3/c1-4-23-28(31-20-9-17-40-18-10-20)34-29(26(33-23)27(30)38)32-21-5-6-24(25(19-21)39-3)37-15-13-36(14-16-37)22-7-11-35(2)12-8-22/h5-6,19-20,22H,4,7-18H2,1-3H3,(H2,30,38)(H2,31,32,34). The lowest BCUT2D eigenvalue weighted by molar-refractivity contribution is 0.0903. The molecule has 0 aliphatic carbocycles. The number of ether oxygens (including phenoxy) is 2. The summed E-state index contributed by atoms with van der Waals surface area (Å²) in [6.07, 6.45) is 4.93. The maximum absolute atomic E-state index is 12.3. The normalized spacial score (nSPS) is 19.9. The molecule has 0 saturated carbocycles. The van der Waals surface area contributed by atoms with Gasteiger partial charge in [-0.05, 0) is 64.4 Å². The predicted molar refractivity (Wildman–Crippen MR) is 158 cm³/mol. The van der Waals surface area contributed by atoms with Crippen LogP contribution in [0.15, 0.2) is 18.2 Å². The molecule has 5 rings (SSSR count). The minimum absolute atomic E-state index is 0.127. The van der Waals surface area contributed by atoms with E-state index in [0.717, 1.165) is 75.1 Å². The minimum Gasteiger partial charge on any atom is -0.495 e. The summed E-state index contributed by atoms with van der Waals surface area (Å²) in [6, 6.07) is 6.96. The zero-order valence-electron chi connectivity index (χ0n) is 24.1. The fourth-order valence-electron chi connectivity index (χ4n) is 5.97. The highest BCUT2D eigenvalue weighted by Crippen LogP contribution is 2.34. The Morgan fingerprint density at radius 2 is 1.77 bits per heavy atom. The van der Waals surface area contributed by atoms with Crippen molar-refractivity contribution >= 4 is 28.9 Å². The molecule has 11 heteroatoms. The van der Waals surface area contributed by atoms with Crippen LogP contribution in [0.4, 0.5) is 23.0 Å². The van der Waals surface area contributed by atoms with Gasteiger partial charge in [0.15, 0.2) is 17.3 Å². The van der Waals surface area contributed by atoms with Gasteiger partial charge in [0.25, 0.3) is 5.91 Å². The number of primary amides is 1. The van der Waals surface area contributed by atoms with Gasteiger partial charge < -0.3 is 35.6 Å². The molecule has 3 aliphatic rings. The van der Waals surface area contributed by atoms with Gasteiger partial charge in [0.1, 0.15) is 5.75 Å². The number of rotatable bonds is 9. The number of hydrogen-bond acceptors (Lipinski definition) is 10. The fourth-order valence-corrected chi connectivity index (χ4v) is 5.97. The molecule has 4 heterocycles. The number of piperazine rings is 1. The Morgan fingerprint density at radius 3 is 2.42 bits per heavy atom. The molecule has 3 saturated heterocycles. The van der Waals surface area contributed by atoms with Crippen molar-refractivity contribution in [3.8, 4) is 5.75 Å². The number of nitrogens with one attached hydrogen (secondary N) is 2. The van der Waals surface area contributed by atoms with E-state index in [-0.39, 0.29) is 11.7 Å².